The molecule has 262 valence electrons. The monoisotopic (exact) mass is 695 g/mol. The van der Waals surface area contributed by atoms with Crippen molar-refractivity contribution in [1.29, 1.82) is 0 Å². The van der Waals surface area contributed by atoms with Gasteiger partial charge in [0.2, 0.25) is 0 Å². The number of anilines is 1. The molecule has 4 N–H and O–H groups in total. The number of nitrogens with zero attached hydrogens (tertiary/aromatic N) is 3. The molecule has 4 rings (SSSR count). The highest BCUT2D eigenvalue weighted by atomic mass is 31.2. The number of imidazole rings is 1. The normalized spacial score (nSPS) is 15.4. The lowest BCUT2D eigenvalue weighted by molar-refractivity contribution is -0.149. The first-order chi connectivity index (χ1) is 22.6. The number of nitrogens with two attached hydrogens (primary N) is 1. The smallest absolute Gasteiger partial charge is 0.459 e. The molecule has 2 aromatic carbocycles. The maximum absolute atomic E-state index is 14.1. The van der Waals surface area contributed by atoms with Crippen LogP contribution in [0.1, 0.15) is 65.3 Å². The standard InChI is InChI=1S/C32H41F3N5O7P/c1-6-16-31(42,40-26(19-44-7-2)38-27-28(40)24-10-8-9-11-25(24)37-29(27)36)17-18-45-48(43,39-21(5)30(41)46-20(3)4)47-23-14-12-22(13-15-23)32(33,34)35/h8-15,20-21,42H,6-7,16-19H2,1-5H3,(H2,36,37)(H,39,43)/t21-,31-,48?/m0/s1. The van der Waals surface area contributed by atoms with Crippen molar-refractivity contribution in [3.8, 4) is 5.75 Å². The van der Waals surface area contributed by atoms with Gasteiger partial charge >= 0.3 is 19.9 Å². The predicted octanol–water partition coefficient (Wildman–Crippen LogP) is 6.69. The number of ether oxygens (including phenoxy) is 2. The van der Waals surface area contributed by atoms with Gasteiger partial charge in [0.05, 0.1) is 29.3 Å². The van der Waals surface area contributed by atoms with Crippen LogP contribution in [0.25, 0.3) is 21.9 Å². The molecule has 1 unspecified atom stereocenters. The van der Waals surface area contributed by atoms with Gasteiger partial charge in [0.25, 0.3) is 0 Å². The first kappa shape index (κ1) is 37.1. The summed E-state index contributed by atoms with van der Waals surface area (Å²) in [5.41, 5.74) is 5.18. The molecule has 3 atom stereocenters. The van der Waals surface area contributed by atoms with E-state index in [1.165, 1.54) is 6.92 Å². The van der Waals surface area contributed by atoms with E-state index in [-0.39, 0.29) is 37.6 Å². The van der Waals surface area contributed by atoms with E-state index in [1.807, 2.05) is 32.0 Å². The zero-order valence-corrected chi connectivity index (χ0v) is 28.3. The van der Waals surface area contributed by atoms with Gasteiger partial charge in [0.1, 0.15) is 35.5 Å². The summed E-state index contributed by atoms with van der Waals surface area (Å²) in [6.07, 6.45) is -4.52. The third kappa shape index (κ3) is 8.63. The van der Waals surface area contributed by atoms with Crippen molar-refractivity contribution in [2.45, 2.75) is 84.5 Å². The molecule has 16 heteroatoms. The largest absolute Gasteiger partial charge is 0.462 e. The molecule has 0 aliphatic rings. The average Bonchev–Trinajstić information content (AvgIpc) is 3.41. The van der Waals surface area contributed by atoms with Crippen LogP contribution in [0.2, 0.25) is 0 Å². The molecule has 0 bridgehead atoms. The number of esters is 1. The van der Waals surface area contributed by atoms with Gasteiger partial charge < -0.3 is 24.8 Å². The number of nitrogen functional groups attached to an aromatic ring is 1. The summed E-state index contributed by atoms with van der Waals surface area (Å²) in [5.74, 6) is -0.423. The Morgan fingerprint density at radius 1 is 1.06 bits per heavy atom. The molecule has 0 amide bonds. The number of nitrogens with one attached hydrogen (secondary N) is 1. The van der Waals surface area contributed by atoms with Crippen LogP contribution in [-0.2, 0) is 41.9 Å². The van der Waals surface area contributed by atoms with Gasteiger partial charge in [-0.25, -0.2) is 14.5 Å². The second-order valence-electron chi connectivity index (χ2n) is 11.5. The number of carbonyl (C=O) groups excluding carboxylic acids is 1. The van der Waals surface area contributed by atoms with Crippen LogP contribution in [0, 0.1) is 0 Å². The summed E-state index contributed by atoms with van der Waals surface area (Å²) in [6, 6.07) is 9.59. The Labute approximate surface area is 276 Å². The number of para-hydroxylation sites is 1. The van der Waals surface area contributed by atoms with Gasteiger partial charge in [0.15, 0.2) is 5.82 Å². The molecule has 0 aliphatic heterocycles. The number of rotatable bonds is 16. The molecule has 0 saturated carbocycles. The minimum absolute atomic E-state index is 0.0401. The van der Waals surface area contributed by atoms with E-state index in [2.05, 4.69) is 10.1 Å². The number of aliphatic hydroxyl groups is 1. The summed E-state index contributed by atoms with van der Waals surface area (Å²) in [6.45, 7) is 8.39. The fraction of sp³-hybridized carbons (Fsp3) is 0.469. The Balaban J connectivity index is 1.71. The first-order valence-corrected chi connectivity index (χ1v) is 17.1. The van der Waals surface area contributed by atoms with Crippen LogP contribution in [0.15, 0.2) is 48.5 Å². The fourth-order valence-corrected chi connectivity index (χ4v) is 6.71. The second-order valence-corrected chi connectivity index (χ2v) is 13.2. The molecule has 12 nitrogen and oxygen atoms in total. The van der Waals surface area contributed by atoms with Gasteiger partial charge in [-0.05, 0) is 64.4 Å². The van der Waals surface area contributed by atoms with E-state index in [0.717, 1.165) is 24.3 Å². The molecule has 2 heterocycles. The molecule has 0 radical (unpaired) electrons. The Hall–Kier alpha value is -3.75. The number of halogens is 3. The Bertz CT molecular complexity index is 1770. The first-order valence-electron chi connectivity index (χ1n) is 15.6. The highest BCUT2D eigenvalue weighted by Gasteiger charge is 2.38. The lowest BCUT2D eigenvalue weighted by Gasteiger charge is -2.33. The highest BCUT2D eigenvalue weighted by Crippen LogP contribution is 2.46. The van der Waals surface area contributed by atoms with Crippen molar-refractivity contribution in [1.82, 2.24) is 19.6 Å². The molecular weight excluding hydrogens is 654 g/mol. The molecule has 2 aromatic heterocycles. The molecule has 0 saturated heterocycles. The summed E-state index contributed by atoms with van der Waals surface area (Å²) in [4.78, 5) is 21.7. The maximum atomic E-state index is 14.1. The Kier molecular flexibility index (Phi) is 11.7. The van der Waals surface area contributed by atoms with Crippen molar-refractivity contribution in [3.63, 3.8) is 0 Å². The highest BCUT2D eigenvalue weighted by molar-refractivity contribution is 7.52. The number of pyridine rings is 1. The number of benzene rings is 2. The van der Waals surface area contributed by atoms with Gasteiger partial charge in [0, 0.05) is 18.4 Å². The molecule has 0 spiro atoms. The molecule has 4 aromatic rings. The number of hydrogen-bond acceptors (Lipinski definition) is 10. The third-order valence-corrected chi connectivity index (χ3v) is 9.00. The number of hydrogen-bond donors (Lipinski definition) is 3. The van der Waals surface area contributed by atoms with Crippen LogP contribution in [0.3, 0.4) is 0 Å². The lowest BCUT2D eigenvalue weighted by Crippen LogP contribution is -2.38. The number of fused-ring (bicyclic) bond motifs is 3. The molecule has 0 fully saturated rings. The minimum atomic E-state index is -4.60. The molecule has 48 heavy (non-hydrogen) atoms. The fourth-order valence-electron chi connectivity index (χ4n) is 5.22. The average molecular weight is 696 g/mol. The lowest BCUT2D eigenvalue weighted by atomic mass is 10.0. The van der Waals surface area contributed by atoms with E-state index in [0.29, 0.717) is 40.8 Å². The topological polar surface area (TPSA) is 160 Å². The molecule has 0 aliphatic carbocycles. The predicted molar refractivity (Wildman–Crippen MR) is 174 cm³/mol. The van der Waals surface area contributed by atoms with Crippen LogP contribution in [0.4, 0.5) is 19.0 Å². The number of aromatic nitrogens is 3. The quantitative estimate of drug-likeness (QED) is 0.0846. The summed E-state index contributed by atoms with van der Waals surface area (Å²) in [5, 5.41) is 15.6. The number of carbonyl (C=O) groups is 1. The van der Waals surface area contributed by atoms with Crippen LogP contribution in [0.5, 0.6) is 5.75 Å². The minimum Gasteiger partial charge on any atom is -0.462 e. The van der Waals surface area contributed by atoms with Crippen LogP contribution >= 0.6 is 7.75 Å². The van der Waals surface area contributed by atoms with E-state index in [4.69, 9.17) is 29.2 Å². The van der Waals surface area contributed by atoms with Gasteiger partial charge in [-0.1, -0.05) is 31.5 Å². The van der Waals surface area contributed by atoms with Crippen molar-refractivity contribution < 1.29 is 46.2 Å². The van der Waals surface area contributed by atoms with Gasteiger partial charge in [-0.3, -0.25) is 13.9 Å². The van der Waals surface area contributed by atoms with Crippen molar-refractivity contribution in [3.05, 3.63) is 59.9 Å². The van der Waals surface area contributed by atoms with Crippen LogP contribution < -0.4 is 15.3 Å². The number of alkyl halides is 3. The van der Waals surface area contributed by atoms with E-state index in [1.54, 1.807) is 24.5 Å². The van der Waals surface area contributed by atoms with Gasteiger partial charge in [-0.2, -0.15) is 18.3 Å². The summed E-state index contributed by atoms with van der Waals surface area (Å²) < 4.78 is 77.4. The third-order valence-electron chi connectivity index (χ3n) is 7.32. The van der Waals surface area contributed by atoms with Crippen LogP contribution in [-0.4, -0.2) is 51.0 Å². The zero-order chi connectivity index (χ0) is 35.3. The van der Waals surface area contributed by atoms with E-state index in [9.17, 15) is 27.6 Å². The van der Waals surface area contributed by atoms with Crippen molar-refractivity contribution in [2.75, 3.05) is 18.9 Å². The zero-order valence-electron chi connectivity index (χ0n) is 27.4. The molecular formula is C32H41F3N5O7P. The summed E-state index contributed by atoms with van der Waals surface area (Å²) in [7, 11) is -4.48. The van der Waals surface area contributed by atoms with Crippen molar-refractivity contribution >= 4 is 41.5 Å². The van der Waals surface area contributed by atoms with Crippen molar-refractivity contribution in [2.24, 2.45) is 0 Å². The van der Waals surface area contributed by atoms with E-state index >= 15 is 0 Å². The van der Waals surface area contributed by atoms with Gasteiger partial charge in [-0.15, -0.1) is 0 Å². The van der Waals surface area contributed by atoms with E-state index < -0.39 is 43.3 Å². The Morgan fingerprint density at radius 3 is 2.38 bits per heavy atom. The SMILES string of the molecule is CCC[C@](O)(CCOP(=O)(N[C@@H](C)C(=O)OC(C)C)Oc1ccc(C(F)(F)F)cc1)n1c(COCC)nc2c(N)nc3ccccc3c21. The summed E-state index contributed by atoms with van der Waals surface area (Å²) >= 11 is 0. The maximum Gasteiger partial charge on any atom is 0.459 e. The second kappa shape index (κ2) is 15.2. The Morgan fingerprint density at radius 2 is 1.75 bits per heavy atom.